The van der Waals surface area contributed by atoms with Gasteiger partial charge in [-0.25, -0.2) is 4.79 Å². The van der Waals surface area contributed by atoms with Gasteiger partial charge in [-0.05, 0) is 51.5 Å². The van der Waals surface area contributed by atoms with E-state index in [0.717, 1.165) is 18.4 Å². The van der Waals surface area contributed by atoms with Crippen molar-refractivity contribution in [3.63, 3.8) is 0 Å². The lowest BCUT2D eigenvalue weighted by molar-refractivity contribution is -0.161. The van der Waals surface area contributed by atoms with E-state index in [0.29, 0.717) is 38.8 Å². The van der Waals surface area contributed by atoms with Crippen molar-refractivity contribution in [2.45, 2.75) is 76.1 Å². The Balaban J connectivity index is 1.65. The van der Waals surface area contributed by atoms with E-state index in [-0.39, 0.29) is 12.5 Å². The average Bonchev–Trinajstić information content (AvgIpc) is 3.24. The number of ether oxygens (including phenoxy) is 2. The molecule has 4 atom stereocenters. The van der Waals surface area contributed by atoms with E-state index in [1.54, 1.807) is 13.8 Å². The smallest absolute Gasteiger partial charge is 0.326 e. The number of hydrogen-bond acceptors (Lipinski definition) is 6. The predicted octanol–water partition coefficient (Wildman–Crippen LogP) is 2.15. The van der Waals surface area contributed by atoms with Gasteiger partial charge >= 0.3 is 11.9 Å². The standard InChI is InChI=1S/C24H34N2O6/c1-3-31-23(30)19(11-10-18-8-5-4-6-9-18)25-17(2)21(27)26-14-13-24(12-7-15-32-24)16-20(26)22(28)29/h4-6,8-9,17,19-20,25H,3,7,10-16H2,1-2H3,(H,28,29)/t17-,19?,20?,24?/m0/s1. The third-order valence-electron chi connectivity index (χ3n) is 6.46. The second-order valence-electron chi connectivity index (χ2n) is 8.69. The minimum atomic E-state index is -1.02. The van der Waals surface area contributed by atoms with Crippen LogP contribution >= 0.6 is 0 Å². The van der Waals surface area contributed by atoms with E-state index in [2.05, 4.69) is 5.32 Å². The number of carbonyl (C=O) groups excluding carboxylic acids is 2. The van der Waals surface area contributed by atoms with E-state index >= 15 is 0 Å². The Morgan fingerprint density at radius 2 is 2.03 bits per heavy atom. The third kappa shape index (κ3) is 5.86. The van der Waals surface area contributed by atoms with E-state index in [9.17, 15) is 19.5 Å². The number of amides is 1. The number of piperidine rings is 1. The second kappa shape index (κ2) is 10.9. The zero-order valence-electron chi connectivity index (χ0n) is 18.9. The molecule has 2 N–H and O–H groups in total. The summed E-state index contributed by atoms with van der Waals surface area (Å²) in [5.41, 5.74) is 0.658. The first-order valence-electron chi connectivity index (χ1n) is 11.5. The number of nitrogens with one attached hydrogen (secondary N) is 1. The summed E-state index contributed by atoms with van der Waals surface area (Å²) in [6.07, 6.45) is 3.80. The summed E-state index contributed by atoms with van der Waals surface area (Å²) >= 11 is 0. The van der Waals surface area contributed by atoms with Crippen molar-refractivity contribution in [1.29, 1.82) is 0 Å². The number of carbonyl (C=O) groups is 3. The highest BCUT2D eigenvalue weighted by Gasteiger charge is 2.47. The van der Waals surface area contributed by atoms with Crippen LogP contribution in [-0.2, 0) is 30.3 Å². The zero-order valence-corrected chi connectivity index (χ0v) is 18.9. The van der Waals surface area contributed by atoms with Crippen molar-refractivity contribution in [2.75, 3.05) is 19.8 Å². The van der Waals surface area contributed by atoms with Gasteiger partial charge in [-0.1, -0.05) is 30.3 Å². The third-order valence-corrected chi connectivity index (χ3v) is 6.46. The van der Waals surface area contributed by atoms with Crippen molar-refractivity contribution >= 4 is 17.8 Å². The molecule has 2 fully saturated rings. The number of rotatable bonds is 9. The van der Waals surface area contributed by atoms with Gasteiger partial charge in [0.15, 0.2) is 0 Å². The van der Waals surface area contributed by atoms with Crippen LogP contribution < -0.4 is 5.32 Å². The molecule has 0 bridgehead atoms. The van der Waals surface area contributed by atoms with E-state index < -0.39 is 35.7 Å². The molecule has 1 amide bonds. The van der Waals surface area contributed by atoms with Crippen LogP contribution in [0.2, 0.25) is 0 Å². The lowest BCUT2D eigenvalue weighted by Crippen LogP contribution is -2.60. The molecule has 3 rings (SSSR count). The summed E-state index contributed by atoms with van der Waals surface area (Å²) in [6.45, 7) is 4.63. The first-order valence-corrected chi connectivity index (χ1v) is 11.5. The fourth-order valence-electron chi connectivity index (χ4n) is 4.73. The van der Waals surface area contributed by atoms with Gasteiger partial charge in [0, 0.05) is 19.6 Å². The van der Waals surface area contributed by atoms with Crippen LogP contribution in [0.15, 0.2) is 30.3 Å². The van der Waals surface area contributed by atoms with Gasteiger partial charge in [-0.2, -0.15) is 0 Å². The molecule has 0 saturated carbocycles. The van der Waals surface area contributed by atoms with Gasteiger partial charge in [0.1, 0.15) is 12.1 Å². The van der Waals surface area contributed by atoms with Gasteiger partial charge in [0.05, 0.1) is 18.2 Å². The van der Waals surface area contributed by atoms with Crippen LogP contribution in [0.1, 0.15) is 51.5 Å². The van der Waals surface area contributed by atoms with Gasteiger partial charge < -0.3 is 19.5 Å². The lowest BCUT2D eigenvalue weighted by Gasteiger charge is -2.43. The fourth-order valence-corrected chi connectivity index (χ4v) is 4.73. The largest absolute Gasteiger partial charge is 0.480 e. The van der Waals surface area contributed by atoms with Crippen molar-refractivity contribution in [3.8, 4) is 0 Å². The Bertz CT molecular complexity index is 793. The first kappa shape index (κ1) is 24.2. The summed E-state index contributed by atoms with van der Waals surface area (Å²) in [4.78, 5) is 39.1. The monoisotopic (exact) mass is 446 g/mol. The topological polar surface area (TPSA) is 105 Å². The highest BCUT2D eigenvalue weighted by Crippen LogP contribution is 2.38. The molecule has 32 heavy (non-hydrogen) atoms. The van der Waals surface area contributed by atoms with Crippen molar-refractivity contribution in [3.05, 3.63) is 35.9 Å². The number of aryl methyl sites for hydroxylation is 1. The van der Waals surface area contributed by atoms with Crippen LogP contribution in [0.4, 0.5) is 0 Å². The number of likely N-dealkylation sites (tertiary alicyclic amines) is 1. The Kier molecular flexibility index (Phi) is 8.26. The summed E-state index contributed by atoms with van der Waals surface area (Å²) in [7, 11) is 0. The van der Waals surface area contributed by atoms with Gasteiger partial charge in [0.2, 0.25) is 5.91 Å². The van der Waals surface area contributed by atoms with E-state index in [4.69, 9.17) is 9.47 Å². The molecule has 0 radical (unpaired) electrons. The Labute approximate surface area is 189 Å². The van der Waals surface area contributed by atoms with Crippen molar-refractivity contribution < 1.29 is 29.0 Å². The molecule has 8 heteroatoms. The molecule has 0 aromatic heterocycles. The number of carboxylic acid groups (broad SMARTS) is 1. The maximum Gasteiger partial charge on any atom is 0.326 e. The molecule has 176 valence electrons. The maximum atomic E-state index is 13.2. The van der Waals surface area contributed by atoms with Crippen LogP contribution in [0.25, 0.3) is 0 Å². The van der Waals surface area contributed by atoms with Gasteiger partial charge in [-0.15, -0.1) is 0 Å². The number of benzene rings is 1. The van der Waals surface area contributed by atoms with Crippen LogP contribution in [-0.4, -0.2) is 71.3 Å². The zero-order chi connectivity index (χ0) is 23.1. The minimum Gasteiger partial charge on any atom is -0.480 e. The van der Waals surface area contributed by atoms with E-state index in [1.165, 1.54) is 4.90 Å². The van der Waals surface area contributed by atoms with Crippen LogP contribution in [0, 0.1) is 0 Å². The molecule has 2 aliphatic heterocycles. The highest BCUT2D eigenvalue weighted by atomic mass is 16.5. The van der Waals surface area contributed by atoms with Crippen LogP contribution in [0.3, 0.4) is 0 Å². The molecule has 1 aromatic rings. The first-order chi connectivity index (χ1) is 15.3. The molecule has 3 unspecified atom stereocenters. The molecule has 2 heterocycles. The molecular weight excluding hydrogens is 412 g/mol. The quantitative estimate of drug-likeness (QED) is 0.560. The summed E-state index contributed by atoms with van der Waals surface area (Å²) < 4.78 is 11.1. The molecule has 1 aromatic carbocycles. The number of nitrogens with zero attached hydrogens (tertiary/aromatic N) is 1. The average molecular weight is 447 g/mol. The second-order valence-corrected chi connectivity index (χ2v) is 8.69. The minimum absolute atomic E-state index is 0.250. The van der Waals surface area contributed by atoms with Gasteiger partial charge in [-0.3, -0.25) is 14.9 Å². The number of aliphatic carboxylic acids is 1. The molecule has 0 aliphatic carbocycles. The normalized spacial score (nSPS) is 24.8. The summed E-state index contributed by atoms with van der Waals surface area (Å²) in [5.74, 6) is -1.75. The predicted molar refractivity (Wildman–Crippen MR) is 118 cm³/mol. The summed E-state index contributed by atoms with van der Waals surface area (Å²) in [6, 6.07) is 7.49. The Morgan fingerprint density at radius 1 is 1.28 bits per heavy atom. The number of esters is 1. The number of carboxylic acids is 1. The fraction of sp³-hybridized carbons (Fsp3) is 0.625. The SMILES string of the molecule is CCOC(=O)C(CCc1ccccc1)N[C@@H](C)C(=O)N1CCC2(CCCO2)CC1C(=O)O. The summed E-state index contributed by atoms with van der Waals surface area (Å²) in [5, 5.41) is 12.9. The molecule has 2 aliphatic rings. The van der Waals surface area contributed by atoms with Crippen LogP contribution in [0.5, 0.6) is 0 Å². The highest BCUT2D eigenvalue weighted by molar-refractivity contribution is 5.88. The Morgan fingerprint density at radius 3 is 2.66 bits per heavy atom. The van der Waals surface area contributed by atoms with E-state index in [1.807, 2.05) is 30.3 Å². The molecule has 2 saturated heterocycles. The van der Waals surface area contributed by atoms with Crippen molar-refractivity contribution in [2.24, 2.45) is 0 Å². The Hall–Kier alpha value is -2.45. The lowest BCUT2D eigenvalue weighted by atomic mass is 9.84. The van der Waals surface area contributed by atoms with Gasteiger partial charge in [0.25, 0.3) is 0 Å². The molecule has 8 nitrogen and oxygen atoms in total. The maximum absolute atomic E-state index is 13.2. The number of hydrogen-bond donors (Lipinski definition) is 2. The molecule has 1 spiro atoms. The van der Waals surface area contributed by atoms with Crippen molar-refractivity contribution in [1.82, 2.24) is 10.2 Å². The molecular formula is C24H34N2O6.